The molecule has 3 aromatic rings. The maximum absolute atomic E-state index is 6.95. The Morgan fingerprint density at radius 1 is 0.645 bits per heavy atom. The molecule has 3 rings (SSSR count). The van der Waals surface area contributed by atoms with Crippen molar-refractivity contribution in [2.24, 2.45) is 0 Å². The van der Waals surface area contributed by atoms with Crippen LogP contribution < -0.4 is 15.9 Å². The van der Waals surface area contributed by atoms with Gasteiger partial charge >= 0.3 is 189 Å². The standard InChI is InChI=1S/C26H35O3PSi/c1-5-27-31(7-3,28-6-2)29-23(4)30(24-17-11-8-12-18-24,25-19-13-9-14-20-25)26-21-15-10-16-22-26/h8-23,30H,5-7H2,1-4H3. The average molecular weight is 455 g/mol. The Kier molecular flexibility index (Phi) is 8.59. The van der Waals surface area contributed by atoms with Gasteiger partial charge in [0.1, 0.15) is 0 Å². The van der Waals surface area contributed by atoms with E-state index in [-0.39, 0.29) is 5.85 Å². The molecule has 3 aromatic carbocycles. The molecule has 0 N–H and O–H groups in total. The molecule has 0 radical (unpaired) electrons. The molecule has 0 aromatic heterocycles. The summed E-state index contributed by atoms with van der Waals surface area (Å²) in [6.07, 6.45) is 0. The Labute approximate surface area is 189 Å². The van der Waals surface area contributed by atoms with Gasteiger partial charge in [-0.3, -0.25) is 0 Å². The fourth-order valence-corrected chi connectivity index (χ4v) is 12.5. The molecule has 0 aliphatic heterocycles. The Balaban J connectivity index is 2.24. The van der Waals surface area contributed by atoms with Crippen LogP contribution >= 0.6 is 7.26 Å². The summed E-state index contributed by atoms with van der Waals surface area (Å²) in [6, 6.07) is 33.3. The summed E-state index contributed by atoms with van der Waals surface area (Å²) in [5, 5.41) is 3.98. The first-order chi connectivity index (χ1) is 15.1. The topological polar surface area (TPSA) is 27.7 Å². The Bertz CT molecular complexity index is 803. The minimum atomic E-state index is -2.81. The van der Waals surface area contributed by atoms with Crippen molar-refractivity contribution in [1.82, 2.24) is 0 Å². The second-order valence-electron chi connectivity index (χ2n) is 7.57. The number of hydrogen-bond acceptors (Lipinski definition) is 3. The zero-order valence-corrected chi connectivity index (χ0v) is 21.1. The van der Waals surface area contributed by atoms with E-state index in [1.54, 1.807) is 0 Å². The molecule has 0 aliphatic carbocycles. The SMILES string of the molecule is CCO[Si](CC)(OCC)OC(C)[PH](c1ccccc1)(c1ccccc1)c1ccccc1. The molecule has 0 saturated carbocycles. The molecule has 0 aliphatic rings. The van der Waals surface area contributed by atoms with E-state index in [9.17, 15) is 0 Å². The second-order valence-corrected chi connectivity index (χ2v) is 14.6. The van der Waals surface area contributed by atoms with E-state index in [2.05, 4.69) is 105 Å². The third-order valence-corrected chi connectivity index (χ3v) is 14.2. The molecule has 0 fully saturated rings. The average Bonchev–Trinajstić information content (AvgIpc) is 2.82. The predicted molar refractivity (Wildman–Crippen MR) is 137 cm³/mol. The van der Waals surface area contributed by atoms with Gasteiger partial charge in [-0.05, 0) is 0 Å². The van der Waals surface area contributed by atoms with Crippen molar-refractivity contribution in [2.75, 3.05) is 13.2 Å². The molecule has 166 valence electrons. The summed E-state index contributed by atoms with van der Waals surface area (Å²) in [6.45, 7) is 9.53. The van der Waals surface area contributed by atoms with Crippen LogP contribution in [0.4, 0.5) is 0 Å². The molecule has 0 bridgehead atoms. The first kappa shape index (κ1) is 23.8. The number of hydrogen-bond donors (Lipinski definition) is 0. The second kappa shape index (κ2) is 11.2. The van der Waals surface area contributed by atoms with E-state index in [0.29, 0.717) is 13.2 Å². The van der Waals surface area contributed by atoms with Crippen molar-refractivity contribution < 1.29 is 13.3 Å². The monoisotopic (exact) mass is 454 g/mol. The third-order valence-electron chi connectivity index (χ3n) is 5.82. The van der Waals surface area contributed by atoms with Gasteiger partial charge in [0.15, 0.2) is 0 Å². The van der Waals surface area contributed by atoms with Gasteiger partial charge in [0, 0.05) is 0 Å². The Hall–Kier alpha value is -1.81. The molecule has 1 atom stereocenters. The van der Waals surface area contributed by atoms with Crippen LogP contribution in [0.15, 0.2) is 91.0 Å². The van der Waals surface area contributed by atoms with Gasteiger partial charge in [0.05, 0.1) is 0 Å². The summed E-state index contributed by atoms with van der Waals surface area (Å²) in [5.41, 5.74) is 0. The van der Waals surface area contributed by atoms with Gasteiger partial charge < -0.3 is 0 Å². The van der Waals surface area contributed by atoms with Crippen molar-refractivity contribution in [2.45, 2.75) is 39.6 Å². The molecule has 0 heterocycles. The van der Waals surface area contributed by atoms with Crippen LogP contribution in [0.25, 0.3) is 0 Å². The predicted octanol–water partition coefficient (Wildman–Crippen LogP) is 5.11. The van der Waals surface area contributed by atoms with Crippen molar-refractivity contribution >= 4 is 32.0 Å². The van der Waals surface area contributed by atoms with Gasteiger partial charge in [-0.25, -0.2) is 0 Å². The van der Waals surface area contributed by atoms with E-state index in [0.717, 1.165) is 6.04 Å². The Morgan fingerprint density at radius 3 is 1.29 bits per heavy atom. The third kappa shape index (κ3) is 5.00. The summed E-state index contributed by atoms with van der Waals surface area (Å²) >= 11 is 0. The molecule has 0 amide bonds. The van der Waals surface area contributed by atoms with E-state index < -0.39 is 16.1 Å². The van der Waals surface area contributed by atoms with Gasteiger partial charge in [0.2, 0.25) is 0 Å². The van der Waals surface area contributed by atoms with Gasteiger partial charge in [0.25, 0.3) is 0 Å². The van der Waals surface area contributed by atoms with Crippen molar-refractivity contribution in [3.8, 4) is 0 Å². The molecule has 31 heavy (non-hydrogen) atoms. The van der Waals surface area contributed by atoms with Crippen LogP contribution in [0.3, 0.4) is 0 Å². The molecule has 1 unspecified atom stereocenters. The molecular formula is C26H35O3PSi. The van der Waals surface area contributed by atoms with E-state index >= 15 is 0 Å². The van der Waals surface area contributed by atoms with Gasteiger partial charge in [-0.15, -0.1) is 0 Å². The van der Waals surface area contributed by atoms with Crippen LogP contribution in [0.2, 0.25) is 6.04 Å². The fourth-order valence-electron chi connectivity index (χ4n) is 4.50. The minimum absolute atomic E-state index is 0.0792. The van der Waals surface area contributed by atoms with Crippen molar-refractivity contribution in [3.05, 3.63) is 91.0 Å². The normalized spacial score (nSPS) is 13.7. The number of rotatable bonds is 11. The van der Waals surface area contributed by atoms with E-state index in [1.165, 1.54) is 15.9 Å². The van der Waals surface area contributed by atoms with Gasteiger partial charge in [-0.2, -0.15) is 0 Å². The van der Waals surface area contributed by atoms with Crippen molar-refractivity contribution in [1.29, 1.82) is 0 Å². The van der Waals surface area contributed by atoms with Crippen LogP contribution in [0, 0.1) is 0 Å². The summed E-state index contributed by atoms with van der Waals surface area (Å²) in [5.74, 6) is -0.0792. The quantitative estimate of drug-likeness (QED) is 0.298. The molecule has 3 nitrogen and oxygen atoms in total. The van der Waals surface area contributed by atoms with Crippen molar-refractivity contribution in [3.63, 3.8) is 0 Å². The summed E-state index contributed by atoms with van der Waals surface area (Å²) in [4.78, 5) is 0. The van der Waals surface area contributed by atoms with Gasteiger partial charge in [-0.1, -0.05) is 0 Å². The zero-order valence-electron chi connectivity index (χ0n) is 19.1. The van der Waals surface area contributed by atoms with Crippen LogP contribution in [0.5, 0.6) is 0 Å². The molecular weight excluding hydrogens is 419 g/mol. The maximum atomic E-state index is 6.95. The first-order valence-electron chi connectivity index (χ1n) is 11.2. The molecule has 0 spiro atoms. The zero-order chi connectivity index (χ0) is 22.2. The van der Waals surface area contributed by atoms with Crippen LogP contribution in [-0.4, -0.2) is 27.9 Å². The first-order valence-corrected chi connectivity index (χ1v) is 15.3. The van der Waals surface area contributed by atoms with Crippen LogP contribution in [-0.2, 0) is 13.3 Å². The van der Waals surface area contributed by atoms with Crippen LogP contribution in [0.1, 0.15) is 27.7 Å². The van der Waals surface area contributed by atoms with E-state index in [4.69, 9.17) is 13.3 Å². The Morgan fingerprint density at radius 2 is 1.00 bits per heavy atom. The fraction of sp³-hybridized carbons (Fsp3) is 0.308. The molecule has 0 saturated heterocycles. The summed E-state index contributed by atoms with van der Waals surface area (Å²) in [7, 11) is -5.37. The van der Waals surface area contributed by atoms with E-state index in [1.807, 2.05) is 13.8 Å². The molecule has 5 heteroatoms. The number of benzene rings is 3. The summed E-state index contributed by atoms with van der Waals surface area (Å²) < 4.78 is 19.4.